The minimum Gasteiger partial charge on any atom is -0.493 e. The highest BCUT2D eigenvalue weighted by Crippen LogP contribution is 2.36. The van der Waals surface area contributed by atoms with Crippen molar-refractivity contribution in [2.24, 2.45) is 0 Å². The van der Waals surface area contributed by atoms with Crippen molar-refractivity contribution in [2.75, 3.05) is 19.1 Å². The Morgan fingerprint density at radius 3 is 2.50 bits per heavy atom. The van der Waals surface area contributed by atoms with Crippen LogP contribution in [-0.4, -0.2) is 32.1 Å². The lowest BCUT2D eigenvalue weighted by Gasteiger charge is -2.26. The van der Waals surface area contributed by atoms with Crippen LogP contribution >= 0.6 is 15.9 Å². The van der Waals surface area contributed by atoms with Crippen molar-refractivity contribution in [1.82, 2.24) is 5.32 Å². The molecular formula is C19H14BrFN2O5. The Bertz CT molecular complexity index is 1020. The Kier molecular flexibility index (Phi) is 5.46. The van der Waals surface area contributed by atoms with Gasteiger partial charge in [0.25, 0.3) is 11.8 Å². The normalized spacial score (nSPS) is 15.6. The van der Waals surface area contributed by atoms with Gasteiger partial charge in [-0.25, -0.2) is 14.1 Å². The van der Waals surface area contributed by atoms with E-state index in [-0.39, 0.29) is 11.3 Å². The molecule has 1 aliphatic rings. The van der Waals surface area contributed by atoms with E-state index in [1.807, 2.05) is 0 Å². The molecule has 7 nitrogen and oxygen atoms in total. The maximum absolute atomic E-state index is 13.5. The molecule has 2 aromatic carbocycles. The van der Waals surface area contributed by atoms with Crippen LogP contribution in [0.2, 0.25) is 0 Å². The van der Waals surface area contributed by atoms with E-state index in [0.717, 1.165) is 6.07 Å². The number of methoxy groups -OCH3 is 2. The van der Waals surface area contributed by atoms with Crippen LogP contribution in [0.5, 0.6) is 11.5 Å². The van der Waals surface area contributed by atoms with Gasteiger partial charge in [-0.05, 0) is 36.4 Å². The molecule has 0 bridgehead atoms. The number of anilines is 1. The van der Waals surface area contributed by atoms with E-state index in [2.05, 4.69) is 21.2 Å². The van der Waals surface area contributed by atoms with Gasteiger partial charge in [-0.3, -0.25) is 14.9 Å². The van der Waals surface area contributed by atoms with E-state index in [1.165, 1.54) is 38.5 Å². The molecule has 0 saturated carbocycles. The van der Waals surface area contributed by atoms with Gasteiger partial charge in [0.15, 0.2) is 11.5 Å². The lowest BCUT2D eigenvalue weighted by Crippen LogP contribution is -2.54. The van der Waals surface area contributed by atoms with Crippen LogP contribution in [0.25, 0.3) is 6.08 Å². The Hall–Kier alpha value is -3.20. The first-order valence-corrected chi connectivity index (χ1v) is 8.73. The van der Waals surface area contributed by atoms with Crippen LogP contribution < -0.4 is 19.7 Å². The molecule has 0 spiro atoms. The van der Waals surface area contributed by atoms with Gasteiger partial charge >= 0.3 is 6.03 Å². The van der Waals surface area contributed by atoms with E-state index in [9.17, 15) is 18.8 Å². The maximum atomic E-state index is 13.5. The number of nitrogens with one attached hydrogen (secondary N) is 1. The number of benzene rings is 2. The van der Waals surface area contributed by atoms with Gasteiger partial charge in [0, 0.05) is 10.0 Å². The molecule has 4 amide bonds. The predicted molar refractivity (Wildman–Crippen MR) is 103 cm³/mol. The number of urea groups is 1. The average molecular weight is 449 g/mol. The molecule has 1 heterocycles. The number of hydrogen-bond donors (Lipinski definition) is 1. The van der Waals surface area contributed by atoms with E-state index in [1.54, 1.807) is 12.1 Å². The third-order valence-electron chi connectivity index (χ3n) is 3.94. The second-order valence-electron chi connectivity index (χ2n) is 5.67. The van der Waals surface area contributed by atoms with Crippen LogP contribution in [0.15, 0.2) is 46.4 Å². The molecule has 1 saturated heterocycles. The summed E-state index contributed by atoms with van der Waals surface area (Å²) in [5.74, 6) is -1.71. The number of carbonyl (C=O) groups excluding carboxylic acids is 3. The average Bonchev–Trinajstić information content (AvgIpc) is 2.64. The van der Waals surface area contributed by atoms with Crippen LogP contribution in [0.3, 0.4) is 0 Å². The molecule has 28 heavy (non-hydrogen) atoms. The summed E-state index contributed by atoms with van der Waals surface area (Å²) in [6, 6.07) is 7.26. The fraction of sp³-hybridized carbons (Fsp3) is 0.105. The molecule has 1 aliphatic heterocycles. The second-order valence-corrected chi connectivity index (χ2v) is 6.58. The van der Waals surface area contributed by atoms with Gasteiger partial charge in [0.1, 0.15) is 11.4 Å². The number of barbiturate groups is 1. The molecule has 1 N–H and O–H groups in total. The monoisotopic (exact) mass is 448 g/mol. The minimum absolute atomic E-state index is 0.000289. The quantitative estimate of drug-likeness (QED) is 0.572. The first kappa shape index (κ1) is 19.6. The molecule has 0 unspecified atom stereocenters. The van der Waals surface area contributed by atoms with Crippen molar-refractivity contribution >= 4 is 45.5 Å². The summed E-state index contributed by atoms with van der Waals surface area (Å²) >= 11 is 3.32. The van der Waals surface area contributed by atoms with E-state index >= 15 is 0 Å². The number of amides is 4. The fourth-order valence-electron chi connectivity index (χ4n) is 2.73. The molecule has 144 valence electrons. The number of imide groups is 2. The van der Waals surface area contributed by atoms with Crippen molar-refractivity contribution < 1.29 is 28.2 Å². The molecule has 0 aliphatic carbocycles. The molecule has 2 aromatic rings. The van der Waals surface area contributed by atoms with Crippen LogP contribution in [0.4, 0.5) is 14.9 Å². The number of carbonyl (C=O) groups is 3. The number of hydrogen-bond acceptors (Lipinski definition) is 5. The van der Waals surface area contributed by atoms with Gasteiger partial charge < -0.3 is 9.47 Å². The van der Waals surface area contributed by atoms with Crippen LogP contribution in [0.1, 0.15) is 5.56 Å². The number of halogens is 2. The van der Waals surface area contributed by atoms with Crippen molar-refractivity contribution in [2.45, 2.75) is 0 Å². The molecule has 0 aromatic heterocycles. The summed E-state index contributed by atoms with van der Waals surface area (Å²) in [7, 11) is 2.86. The first-order valence-electron chi connectivity index (χ1n) is 7.94. The predicted octanol–water partition coefficient (Wildman–Crippen LogP) is 3.27. The van der Waals surface area contributed by atoms with Crippen molar-refractivity contribution in [1.29, 1.82) is 0 Å². The summed E-state index contributed by atoms with van der Waals surface area (Å²) in [5.41, 5.74) is 0.0581. The van der Waals surface area contributed by atoms with Crippen molar-refractivity contribution in [3.8, 4) is 11.5 Å². The lowest BCUT2D eigenvalue weighted by molar-refractivity contribution is -0.122. The fourth-order valence-corrected chi connectivity index (χ4v) is 3.18. The lowest BCUT2D eigenvalue weighted by atomic mass is 10.1. The molecular weight excluding hydrogens is 435 g/mol. The zero-order valence-corrected chi connectivity index (χ0v) is 16.4. The molecule has 0 radical (unpaired) electrons. The third-order valence-corrected chi connectivity index (χ3v) is 4.40. The highest BCUT2D eigenvalue weighted by molar-refractivity contribution is 9.10. The Morgan fingerprint density at radius 2 is 1.86 bits per heavy atom. The Morgan fingerprint density at radius 1 is 1.11 bits per heavy atom. The molecule has 3 rings (SSSR count). The highest BCUT2D eigenvalue weighted by Gasteiger charge is 2.37. The van der Waals surface area contributed by atoms with Crippen molar-refractivity contribution in [3.05, 3.63) is 57.8 Å². The molecule has 1 fully saturated rings. The van der Waals surface area contributed by atoms with Gasteiger partial charge in [0.05, 0.1) is 19.9 Å². The second kappa shape index (κ2) is 7.81. The number of rotatable bonds is 4. The topological polar surface area (TPSA) is 84.9 Å². The van der Waals surface area contributed by atoms with Crippen molar-refractivity contribution in [3.63, 3.8) is 0 Å². The SMILES string of the molecule is COc1cc(Br)cc(/C=C2\C(=O)NC(=O)N(c3cccc(F)c3)C2=O)c1OC. The summed E-state index contributed by atoms with van der Waals surface area (Å²) < 4.78 is 24.7. The summed E-state index contributed by atoms with van der Waals surface area (Å²) in [5, 5.41) is 2.08. The van der Waals surface area contributed by atoms with Gasteiger partial charge in [-0.1, -0.05) is 22.0 Å². The minimum atomic E-state index is -0.962. The van der Waals surface area contributed by atoms with Crippen LogP contribution in [0, 0.1) is 5.82 Å². The summed E-state index contributed by atoms with van der Waals surface area (Å²) in [6.07, 6.45) is 1.28. The van der Waals surface area contributed by atoms with Gasteiger partial charge in [-0.15, -0.1) is 0 Å². The highest BCUT2D eigenvalue weighted by atomic mass is 79.9. The standard InChI is InChI=1S/C19H14BrFN2O5/c1-27-15-8-11(20)6-10(16(15)28-2)7-14-17(24)22-19(26)23(18(14)25)13-5-3-4-12(21)9-13/h3-9H,1-2H3,(H,22,24,26)/b14-7+. The number of ether oxygens (including phenoxy) is 2. The zero-order chi connectivity index (χ0) is 20.4. The zero-order valence-electron chi connectivity index (χ0n) is 14.8. The van der Waals surface area contributed by atoms with Crippen LogP contribution in [-0.2, 0) is 9.59 Å². The van der Waals surface area contributed by atoms with Gasteiger partial charge in [-0.2, -0.15) is 0 Å². The van der Waals surface area contributed by atoms with Gasteiger partial charge in [0.2, 0.25) is 0 Å². The van der Waals surface area contributed by atoms with E-state index in [4.69, 9.17) is 9.47 Å². The van der Waals surface area contributed by atoms with E-state index in [0.29, 0.717) is 26.4 Å². The Labute approximate surface area is 167 Å². The first-order chi connectivity index (χ1) is 13.3. The smallest absolute Gasteiger partial charge is 0.335 e. The summed E-state index contributed by atoms with van der Waals surface area (Å²) in [6.45, 7) is 0. The third kappa shape index (κ3) is 3.61. The molecule has 9 heteroatoms. The summed E-state index contributed by atoms with van der Waals surface area (Å²) in [4.78, 5) is 38.0. The Balaban J connectivity index is 2.11. The maximum Gasteiger partial charge on any atom is 0.335 e. The molecule has 0 atom stereocenters. The van der Waals surface area contributed by atoms with E-state index < -0.39 is 23.7 Å². The number of nitrogens with zero attached hydrogens (tertiary/aromatic N) is 1. The largest absolute Gasteiger partial charge is 0.493 e.